The molecule has 0 aromatic heterocycles. The molecule has 0 fully saturated rings. The molecule has 0 heterocycles. The van der Waals surface area contributed by atoms with Gasteiger partial charge in [0.2, 0.25) is 0 Å². The highest BCUT2D eigenvalue weighted by Crippen LogP contribution is 2.28. The van der Waals surface area contributed by atoms with E-state index in [1.165, 1.54) is 0 Å². The van der Waals surface area contributed by atoms with Gasteiger partial charge in [0.15, 0.2) is 18.2 Å². The van der Waals surface area contributed by atoms with Gasteiger partial charge in [-0.05, 0) is 48.0 Å². The van der Waals surface area contributed by atoms with Crippen molar-refractivity contribution in [3.8, 4) is 5.75 Å². The molecule has 4 rings (SSSR count). The number of nitrogens with one attached hydrogen (secondary N) is 1. The van der Waals surface area contributed by atoms with Crippen LogP contribution in [0.15, 0.2) is 82.8 Å². The van der Waals surface area contributed by atoms with Crippen molar-refractivity contribution in [2.45, 2.75) is 0 Å². The first-order valence-corrected chi connectivity index (χ1v) is 9.99. The van der Waals surface area contributed by atoms with Crippen molar-refractivity contribution in [2.75, 3.05) is 11.9 Å². The van der Waals surface area contributed by atoms with Crippen LogP contribution in [0.25, 0.3) is 6.08 Å². The maximum Gasteiger partial charge on any atom is 0.262 e. The summed E-state index contributed by atoms with van der Waals surface area (Å²) in [6, 6.07) is 20.9. The standard InChI is InChI=1S/C24H16BrNO4/c25-16-7-9-17(10-8-16)26-22(27)14-30-18-11-5-15(6-12-18)13-21-23(28)19-3-1-2-4-20(19)24(21)29/h1-13H,14H2,(H,26,27). The molecule has 3 aromatic rings. The first-order chi connectivity index (χ1) is 14.5. The lowest BCUT2D eigenvalue weighted by atomic mass is 10.1. The van der Waals surface area contributed by atoms with Gasteiger partial charge in [0.1, 0.15) is 5.75 Å². The molecule has 5 nitrogen and oxygen atoms in total. The number of halogens is 1. The van der Waals surface area contributed by atoms with Crippen LogP contribution < -0.4 is 10.1 Å². The minimum Gasteiger partial charge on any atom is -0.484 e. The summed E-state index contributed by atoms with van der Waals surface area (Å²) in [6.07, 6.45) is 1.58. The van der Waals surface area contributed by atoms with Crippen molar-refractivity contribution < 1.29 is 19.1 Å². The van der Waals surface area contributed by atoms with Crippen molar-refractivity contribution in [3.05, 3.63) is 99.5 Å². The molecule has 1 aliphatic carbocycles. The number of hydrogen-bond acceptors (Lipinski definition) is 4. The number of benzene rings is 3. The summed E-state index contributed by atoms with van der Waals surface area (Å²) in [7, 11) is 0. The highest BCUT2D eigenvalue weighted by atomic mass is 79.9. The van der Waals surface area contributed by atoms with E-state index in [2.05, 4.69) is 21.2 Å². The Labute approximate surface area is 181 Å². The number of amides is 1. The zero-order chi connectivity index (χ0) is 21.1. The van der Waals surface area contributed by atoms with E-state index in [0.29, 0.717) is 28.1 Å². The molecule has 0 unspecified atom stereocenters. The maximum absolute atomic E-state index is 12.5. The molecular weight excluding hydrogens is 446 g/mol. The van der Waals surface area contributed by atoms with E-state index in [4.69, 9.17) is 4.74 Å². The number of allylic oxidation sites excluding steroid dienone is 1. The summed E-state index contributed by atoms with van der Waals surface area (Å²) >= 11 is 3.34. The van der Waals surface area contributed by atoms with Crippen molar-refractivity contribution in [3.63, 3.8) is 0 Å². The van der Waals surface area contributed by atoms with Crippen LogP contribution in [0.5, 0.6) is 5.75 Å². The quantitative estimate of drug-likeness (QED) is 0.431. The number of carbonyl (C=O) groups is 3. The summed E-state index contributed by atoms with van der Waals surface area (Å²) in [4.78, 5) is 36.9. The lowest BCUT2D eigenvalue weighted by Gasteiger charge is -2.08. The van der Waals surface area contributed by atoms with E-state index in [1.54, 1.807) is 66.7 Å². The van der Waals surface area contributed by atoms with E-state index in [0.717, 1.165) is 4.47 Å². The molecular formula is C24H16BrNO4. The fraction of sp³-hybridized carbons (Fsp3) is 0.0417. The van der Waals surface area contributed by atoms with E-state index < -0.39 is 0 Å². The molecule has 0 saturated carbocycles. The third-order valence-electron chi connectivity index (χ3n) is 4.59. The van der Waals surface area contributed by atoms with Crippen molar-refractivity contribution in [1.29, 1.82) is 0 Å². The lowest BCUT2D eigenvalue weighted by Crippen LogP contribution is -2.20. The van der Waals surface area contributed by atoms with Gasteiger partial charge in [-0.2, -0.15) is 0 Å². The number of hydrogen-bond donors (Lipinski definition) is 1. The zero-order valence-electron chi connectivity index (χ0n) is 15.7. The zero-order valence-corrected chi connectivity index (χ0v) is 17.3. The van der Waals surface area contributed by atoms with Crippen LogP contribution in [-0.2, 0) is 4.79 Å². The Balaban J connectivity index is 1.38. The first kappa shape index (κ1) is 19.8. The van der Waals surface area contributed by atoms with Crippen LogP contribution >= 0.6 is 15.9 Å². The molecule has 1 amide bonds. The van der Waals surface area contributed by atoms with Gasteiger partial charge in [-0.1, -0.05) is 52.3 Å². The summed E-state index contributed by atoms with van der Waals surface area (Å²) in [5.41, 5.74) is 2.40. The third-order valence-corrected chi connectivity index (χ3v) is 5.12. The van der Waals surface area contributed by atoms with Gasteiger partial charge in [-0.25, -0.2) is 0 Å². The number of ether oxygens (including phenoxy) is 1. The summed E-state index contributed by atoms with van der Waals surface area (Å²) in [6.45, 7) is -0.136. The maximum atomic E-state index is 12.5. The molecule has 0 atom stereocenters. The SMILES string of the molecule is O=C(COc1ccc(C=C2C(=O)c3ccccc3C2=O)cc1)Nc1ccc(Br)cc1. The summed E-state index contributed by atoms with van der Waals surface area (Å²) in [5, 5.41) is 2.75. The van der Waals surface area contributed by atoms with Crippen LogP contribution in [-0.4, -0.2) is 24.1 Å². The van der Waals surface area contributed by atoms with Crippen molar-refractivity contribution >= 4 is 45.2 Å². The first-order valence-electron chi connectivity index (χ1n) is 9.20. The number of ketones is 2. The number of anilines is 1. The smallest absolute Gasteiger partial charge is 0.262 e. The molecule has 3 aromatic carbocycles. The molecule has 6 heteroatoms. The Hall–Kier alpha value is -3.51. The summed E-state index contributed by atoms with van der Waals surface area (Å²) < 4.78 is 6.43. The van der Waals surface area contributed by atoms with Gasteiger partial charge >= 0.3 is 0 Å². The monoisotopic (exact) mass is 461 g/mol. The molecule has 0 bridgehead atoms. The van der Waals surface area contributed by atoms with Gasteiger partial charge in [0.05, 0.1) is 5.57 Å². The van der Waals surface area contributed by atoms with Gasteiger partial charge in [0, 0.05) is 21.3 Å². The van der Waals surface area contributed by atoms with E-state index in [-0.39, 0.29) is 29.7 Å². The average Bonchev–Trinajstić information content (AvgIpc) is 3.00. The van der Waals surface area contributed by atoms with Crippen molar-refractivity contribution in [2.24, 2.45) is 0 Å². The van der Waals surface area contributed by atoms with Gasteiger partial charge < -0.3 is 10.1 Å². The Morgan fingerprint density at radius 2 is 1.47 bits per heavy atom. The molecule has 148 valence electrons. The molecule has 1 aliphatic rings. The molecule has 0 spiro atoms. The predicted octanol–water partition coefficient (Wildman–Crippen LogP) is 4.93. The minimum absolute atomic E-state index is 0.136. The van der Waals surface area contributed by atoms with Crippen molar-refractivity contribution in [1.82, 2.24) is 0 Å². The molecule has 0 radical (unpaired) electrons. The number of fused-ring (bicyclic) bond motifs is 1. The predicted molar refractivity (Wildman–Crippen MR) is 118 cm³/mol. The third kappa shape index (κ3) is 4.23. The molecule has 30 heavy (non-hydrogen) atoms. The Morgan fingerprint density at radius 3 is 2.07 bits per heavy atom. The van der Waals surface area contributed by atoms with Gasteiger partial charge in [-0.3, -0.25) is 14.4 Å². The van der Waals surface area contributed by atoms with Crippen LogP contribution in [0, 0.1) is 0 Å². The van der Waals surface area contributed by atoms with Crippen LogP contribution in [0.4, 0.5) is 5.69 Å². The highest BCUT2D eigenvalue weighted by molar-refractivity contribution is 9.10. The van der Waals surface area contributed by atoms with Gasteiger partial charge in [-0.15, -0.1) is 0 Å². The minimum atomic E-state index is -0.275. The Kier molecular flexibility index (Phi) is 5.59. The second-order valence-electron chi connectivity index (χ2n) is 6.67. The average molecular weight is 462 g/mol. The number of rotatable bonds is 5. The normalized spacial score (nSPS) is 12.5. The lowest BCUT2D eigenvalue weighted by molar-refractivity contribution is -0.118. The Morgan fingerprint density at radius 1 is 0.867 bits per heavy atom. The van der Waals surface area contributed by atoms with Crippen LogP contribution in [0.3, 0.4) is 0 Å². The Bertz CT molecular complexity index is 1130. The molecule has 0 aliphatic heterocycles. The highest BCUT2D eigenvalue weighted by Gasteiger charge is 2.32. The second kappa shape index (κ2) is 8.47. The molecule has 0 saturated heterocycles. The number of carbonyl (C=O) groups excluding carboxylic acids is 3. The fourth-order valence-corrected chi connectivity index (χ4v) is 3.37. The topological polar surface area (TPSA) is 72.5 Å². The van der Waals surface area contributed by atoms with E-state index in [1.807, 2.05) is 12.1 Å². The summed E-state index contributed by atoms with van der Waals surface area (Å²) in [5.74, 6) is -0.292. The second-order valence-corrected chi connectivity index (χ2v) is 7.59. The van der Waals surface area contributed by atoms with E-state index in [9.17, 15) is 14.4 Å². The molecule has 1 N–H and O–H groups in total. The fourth-order valence-electron chi connectivity index (χ4n) is 3.11. The van der Waals surface area contributed by atoms with E-state index >= 15 is 0 Å². The van der Waals surface area contributed by atoms with Crippen LogP contribution in [0.2, 0.25) is 0 Å². The van der Waals surface area contributed by atoms with Crippen LogP contribution in [0.1, 0.15) is 26.3 Å². The van der Waals surface area contributed by atoms with Gasteiger partial charge in [0.25, 0.3) is 5.91 Å². The number of Topliss-reactive ketones (excluding diaryl/α,β-unsaturated/α-hetero) is 2. The largest absolute Gasteiger partial charge is 0.484 e.